The van der Waals surface area contributed by atoms with Crippen molar-refractivity contribution < 1.29 is 13.2 Å². The molecule has 3 rings (SSSR count). The monoisotopic (exact) mass is 396 g/mol. The first-order chi connectivity index (χ1) is 13.5. The number of benzene rings is 3. The summed E-state index contributed by atoms with van der Waals surface area (Å²) in [5.74, 6) is 0.0171. The van der Waals surface area contributed by atoms with Crippen LogP contribution in [0, 0.1) is 0 Å². The molecule has 1 amide bonds. The van der Waals surface area contributed by atoms with Gasteiger partial charge in [-0.15, -0.1) is 0 Å². The van der Waals surface area contributed by atoms with E-state index in [0.717, 1.165) is 16.3 Å². The van der Waals surface area contributed by atoms with Crippen molar-refractivity contribution in [3.63, 3.8) is 0 Å². The van der Waals surface area contributed by atoms with Crippen LogP contribution >= 0.6 is 0 Å². The van der Waals surface area contributed by atoms with E-state index >= 15 is 0 Å². The highest BCUT2D eigenvalue weighted by atomic mass is 32.2. The Kier molecular flexibility index (Phi) is 6.44. The third-order valence-electron chi connectivity index (χ3n) is 4.65. The van der Waals surface area contributed by atoms with Crippen molar-refractivity contribution in [1.82, 2.24) is 10.0 Å². The fourth-order valence-electron chi connectivity index (χ4n) is 2.97. The van der Waals surface area contributed by atoms with Crippen LogP contribution in [0.15, 0.2) is 77.7 Å². The second-order valence-electron chi connectivity index (χ2n) is 6.77. The Bertz CT molecular complexity index is 1050. The Hall–Kier alpha value is -2.70. The van der Waals surface area contributed by atoms with E-state index in [1.165, 1.54) is 0 Å². The average Bonchev–Trinajstić information content (AvgIpc) is 2.72. The van der Waals surface area contributed by atoms with Crippen molar-refractivity contribution in [3.8, 4) is 0 Å². The molecule has 146 valence electrons. The van der Waals surface area contributed by atoms with Crippen LogP contribution in [0.25, 0.3) is 10.8 Å². The number of hydrogen-bond donors (Lipinski definition) is 2. The van der Waals surface area contributed by atoms with Gasteiger partial charge in [0.05, 0.1) is 4.90 Å². The van der Waals surface area contributed by atoms with Gasteiger partial charge in [0.2, 0.25) is 15.9 Å². The number of carbonyl (C=O) groups is 1. The maximum atomic E-state index is 12.5. The first-order valence-electron chi connectivity index (χ1n) is 9.26. The van der Waals surface area contributed by atoms with E-state index in [4.69, 9.17) is 0 Å². The van der Waals surface area contributed by atoms with Crippen molar-refractivity contribution in [3.05, 3.63) is 78.4 Å². The van der Waals surface area contributed by atoms with Crippen molar-refractivity contribution in [1.29, 1.82) is 0 Å². The second-order valence-corrected chi connectivity index (χ2v) is 8.54. The summed E-state index contributed by atoms with van der Waals surface area (Å²) in [7, 11) is -3.65. The minimum Gasteiger partial charge on any atom is -0.355 e. The van der Waals surface area contributed by atoms with Gasteiger partial charge in [-0.05, 0) is 34.4 Å². The number of rotatable bonds is 8. The highest BCUT2D eigenvalue weighted by Gasteiger charge is 2.15. The SMILES string of the molecule is C[C@@H](CNC(=O)CCNS(=O)(=O)c1ccc2ccccc2c1)c1ccccc1. The number of sulfonamides is 1. The van der Waals surface area contributed by atoms with Crippen LogP contribution in [0.3, 0.4) is 0 Å². The highest BCUT2D eigenvalue weighted by Crippen LogP contribution is 2.18. The van der Waals surface area contributed by atoms with Crippen LogP contribution in [0.2, 0.25) is 0 Å². The van der Waals surface area contributed by atoms with E-state index in [-0.39, 0.29) is 29.7 Å². The van der Waals surface area contributed by atoms with Gasteiger partial charge in [0.15, 0.2) is 0 Å². The Morgan fingerprint density at radius 3 is 2.36 bits per heavy atom. The molecule has 0 spiro atoms. The van der Waals surface area contributed by atoms with E-state index in [1.54, 1.807) is 18.2 Å². The van der Waals surface area contributed by atoms with Crippen molar-refractivity contribution >= 4 is 26.7 Å². The van der Waals surface area contributed by atoms with Crippen LogP contribution in [0.5, 0.6) is 0 Å². The molecule has 6 heteroatoms. The molecule has 28 heavy (non-hydrogen) atoms. The number of carbonyl (C=O) groups excluding carboxylic acids is 1. The van der Waals surface area contributed by atoms with E-state index < -0.39 is 10.0 Å². The van der Waals surface area contributed by atoms with Gasteiger partial charge in [0.25, 0.3) is 0 Å². The smallest absolute Gasteiger partial charge is 0.240 e. The van der Waals surface area contributed by atoms with E-state index in [0.29, 0.717) is 6.54 Å². The second kappa shape index (κ2) is 8.99. The quantitative estimate of drug-likeness (QED) is 0.613. The molecule has 0 aliphatic rings. The lowest BCUT2D eigenvalue weighted by molar-refractivity contribution is -0.120. The summed E-state index contributed by atoms with van der Waals surface area (Å²) >= 11 is 0. The average molecular weight is 397 g/mol. The van der Waals surface area contributed by atoms with Gasteiger partial charge in [-0.2, -0.15) is 0 Å². The largest absolute Gasteiger partial charge is 0.355 e. The van der Waals surface area contributed by atoms with E-state index in [1.807, 2.05) is 61.5 Å². The van der Waals surface area contributed by atoms with Crippen molar-refractivity contribution in [2.75, 3.05) is 13.1 Å². The maximum absolute atomic E-state index is 12.5. The zero-order chi connectivity index (χ0) is 20.0. The number of fused-ring (bicyclic) bond motifs is 1. The molecule has 5 nitrogen and oxygen atoms in total. The Morgan fingerprint density at radius 1 is 0.929 bits per heavy atom. The summed E-state index contributed by atoms with van der Waals surface area (Å²) in [6.45, 7) is 2.61. The molecule has 3 aromatic rings. The fourth-order valence-corrected chi connectivity index (χ4v) is 4.04. The van der Waals surface area contributed by atoms with Crippen molar-refractivity contribution in [2.24, 2.45) is 0 Å². The summed E-state index contributed by atoms with van der Waals surface area (Å²) < 4.78 is 27.4. The van der Waals surface area contributed by atoms with Gasteiger partial charge < -0.3 is 5.32 Å². The molecule has 1 atom stereocenters. The molecule has 2 N–H and O–H groups in total. The molecule has 3 aromatic carbocycles. The number of hydrogen-bond acceptors (Lipinski definition) is 3. The van der Waals surface area contributed by atoms with Crippen LogP contribution in [-0.4, -0.2) is 27.4 Å². The van der Waals surface area contributed by atoms with Crippen LogP contribution < -0.4 is 10.0 Å². The minimum absolute atomic E-state index is 0.0563. The zero-order valence-corrected chi connectivity index (χ0v) is 16.6. The molecule has 0 aliphatic carbocycles. The topological polar surface area (TPSA) is 75.3 Å². The minimum atomic E-state index is -3.65. The molecule has 0 bridgehead atoms. The Balaban J connectivity index is 1.49. The summed E-state index contributed by atoms with van der Waals surface area (Å²) in [5, 5.41) is 4.70. The molecule has 0 fully saturated rings. The molecular weight excluding hydrogens is 372 g/mol. The number of amides is 1. The Labute approximate surface area is 165 Å². The lowest BCUT2D eigenvalue weighted by atomic mass is 10.0. The summed E-state index contributed by atoms with van der Waals surface area (Å²) in [6.07, 6.45) is 0.0916. The van der Waals surface area contributed by atoms with Gasteiger partial charge >= 0.3 is 0 Å². The van der Waals surface area contributed by atoms with Crippen LogP contribution in [0.4, 0.5) is 0 Å². The molecule has 0 saturated carbocycles. The molecule has 0 aromatic heterocycles. The third kappa shape index (κ3) is 5.18. The van der Waals surface area contributed by atoms with Gasteiger partial charge in [0.1, 0.15) is 0 Å². The highest BCUT2D eigenvalue weighted by molar-refractivity contribution is 7.89. The first kappa shape index (κ1) is 20.0. The summed E-state index contributed by atoms with van der Waals surface area (Å²) in [5.41, 5.74) is 1.15. The van der Waals surface area contributed by atoms with Gasteiger partial charge in [-0.1, -0.05) is 67.6 Å². The maximum Gasteiger partial charge on any atom is 0.240 e. The molecule has 0 radical (unpaired) electrons. The molecular formula is C22H24N2O3S. The van der Waals surface area contributed by atoms with Crippen LogP contribution in [0.1, 0.15) is 24.8 Å². The predicted molar refractivity (Wildman–Crippen MR) is 112 cm³/mol. The van der Waals surface area contributed by atoms with E-state index in [9.17, 15) is 13.2 Å². The lowest BCUT2D eigenvalue weighted by Crippen LogP contribution is -2.32. The van der Waals surface area contributed by atoms with Crippen LogP contribution in [-0.2, 0) is 14.8 Å². The molecule has 0 unspecified atom stereocenters. The van der Waals surface area contributed by atoms with Gasteiger partial charge in [-0.25, -0.2) is 13.1 Å². The standard InChI is InChI=1S/C22H24N2O3S/c1-17(18-7-3-2-4-8-18)16-23-22(25)13-14-24-28(26,27)21-12-11-19-9-5-6-10-20(19)15-21/h2-12,15,17,24H,13-14,16H2,1H3,(H,23,25)/t17-/m0/s1. The first-order valence-corrected chi connectivity index (χ1v) is 10.7. The summed E-state index contributed by atoms with van der Waals surface area (Å²) in [6, 6.07) is 22.5. The molecule has 0 aliphatic heterocycles. The lowest BCUT2D eigenvalue weighted by Gasteiger charge is -2.13. The van der Waals surface area contributed by atoms with Gasteiger partial charge in [0, 0.05) is 19.5 Å². The third-order valence-corrected chi connectivity index (χ3v) is 6.11. The van der Waals surface area contributed by atoms with E-state index in [2.05, 4.69) is 10.0 Å². The van der Waals surface area contributed by atoms with Crippen molar-refractivity contribution in [2.45, 2.75) is 24.2 Å². The number of nitrogens with one attached hydrogen (secondary N) is 2. The predicted octanol–water partition coefficient (Wildman–Crippen LogP) is 3.43. The summed E-state index contributed by atoms with van der Waals surface area (Å²) in [4.78, 5) is 12.2. The fraction of sp³-hybridized carbons (Fsp3) is 0.227. The van der Waals surface area contributed by atoms with Gasteiger partial charge in [-0.3, -0.25) is 4.79 Å². The Morgan fingerprint density at radius 2 is 1.61 bits per heavy atom. The molecule has 0 heterocycles. The zero-order valence-electron chi connectivity index (χ0n) is 15.8. The molecule has 0 saturated heterocycles. The normalized spacial score (nSPS) is 12.6.